The predicted molar refractivity (Wildman–Crippen MR) is 88.9 cm³/mol. The molecule has 2 nitrogen and oxygen atoms in total. The van der Waals surface area contributed by atoms with E-state index < -0.39 is 0 Å². The molecule has 0 unspecified atom stereocenters. The first-order chi connectivity index (χ1) is 9.42. The quantitative estimate of drug-likeness (QED) is 0.673. The van der Waals surface area contributed by atoms with Gasteiger partial charge in [-0.3, -0.25) is 0 Å². The summed E-state index contributed by atoms with van der Waals surface area (Å²) in [7, 11) is 0. The van der Waals surface area contributed by atoms with Crippen molar-refractivity contribution in [2.45, 2.75) is 53.5 Å². The van der Waals surface area contributed by atoms with Crippen LogP contribution in [-0.2, 0) is 0 Å². The highest BCUT2D eigenvalue weighted by atomic mass is 35.5. The van der Waals surface area contributed by atoms with Gasteiger partial charge in [0.15, 0.2) is 0 Å². The summed E-state index contributed by atoms with van der Waals surface area (Å²) < 4.78 is 5.68. The molecule has 1 N–H and O–H groups in total. The number of anilines is 1. The van der Waals surface area contributed by atoms with Crippen molar-refractivity contribution in [3.8, 4) is 5.75 Å². The van der Waals surface area contributed by atoms with Gasteiger partial charge in [0.2, 0.25) is 0 Å². The molecule has 0 saturated heterocycles. The number of rotatable bonds is 8. The summed E-state index contributed by atoms with van der Waals surface area (Å²) in [6, 6.07) is 6.22. The lowest BCUT2D eigenvalue weighted by molar-refractivity contribution is 0.340. The lowest BCUT2D eigenvalue weighted by atomic mass is 9.95. The first-order valence-electron chi connectivity index (χ1n) is 7.61. The maximum atomic E-state index is 6.12. The molecule has 0 radical (unpaired) electrons. The molecule has 1 aromatic rings. The van der Waals surface area contributed by atoms with E-state index in [-0.39, 0.29) is 0 Å². The molecule has 0 fully saturated rings. The van der Waals surface area contributed by atoms with E-state index >= 15 is 0 Å². The third-order valence-corrected chi connectivity index (χ3v) is 3.35. The fourth-order valence-corrected chi connectivity index (χ4v) is 2.64. The molecule has 0 atom stereocenters. The molecule has 1 rings (SSSR count). The highest BCUT2D eigenvalue weighted by Crippen LogP contribution is 2.30. The number of nitrogens with one attached hydrogen (secondary N) is 1. The van der Waals surface area contributed by atoms with E-state index in [4.69, 9.17) is 16.3 Å². The number of hydrogen-bond donors (Lipinski definition) is 1. The van der Waals surface area contributed by atoms with Gasteiger partial charge in [-0.1, -0.05) is 39.3 Å². The third-order valence-electron chi connectivity index (χ3n) is 3.11. The van der Waals surface area contributed by atoms with Gasteiger partial charge in [0, 0.05) is 11.1 Å². The second-order valence-corrected chi connectivity index (χ2v) is 6.61. The minimum atomic E-state index is 0.452. The second-order valence-electron chi connectivity index (χ2n) is 6.17. The van der Waals surface area contributed by atoms with Gasteiger partial charge in [-0.15, -0.1) is 0 Å². The lowest BCUT2D eigenvalue weighted by Gasteiger charge is -2.25. The minimum Gasteiger partial charge on any atom is -0.492 e. The smallest absolute Gasteiger partial charge is 0.142 e. The molecule has 0 heterocycles. The van der Waals surface area contributed by atoms with Crippen molar-refractivity contribution in [1.29, 1.82) is 0 Å². The highest BCUT2D eigenvalue weighted by Gasteiger charge is 2.15. The van der Waals surface area contributed by atoms with Gasteiger partial charge in [-0.2, -0.15) is 0 Å². The van der Waals surface area contributed by atoms with Gasteiger partial charge < -0.3 is 10.1 Å². The average Bonchev–Trinajstić information content (AvgIpc) is 2.31. The van der Waals surface area contributed by atoms with E-state index in [9.17, 15) is 0 Å². The number of halogens is 1. The van der Waals surface area contributed by atoms with E-state index in [2.05, 4.69) is 33.0 Å². The number of ether oxygens (including phenoxy) is 1. The van der Waals surface area contributed by atoms with E-state index in [0.29, 0.717) is 24.5 Å². The van der Waals surface area contributed by atoms with E-state index in [1.165, 1.54) is 0 Å². The molecular formula is C17H28ClNO. The Bertz CT molecular complexity index is 394. The summed E-state index contributed by atoms with van der Waals surface area (Å²) in [5.41, 5.74) is 1.01. The van der Waals surface area contributed by atoms with Crippen LogP contribution >= 0.6 is 11.6 Å². The molecule has 20 heavy (non-hydrogen) atoms. The van der Waals surface area contributed by atoms with Crippen LogP contribution in [0.4, 0.5) is 5.69 Å². The molecule has 0 amide bonds. The first kappa shape index (κ1) is 17.2. The molecular weight excluding hydrogens is 270 g/mol. The van der Waals surface area contributed by atoms with Crippen molar-refractivity contribution < 1.29 is 4.74 Å². The average molecular weight is 298 g/mol. The SMILES string of the molecule is CCOc1ccc(Cl)cc1NC(CC(C)C)CC(C)C. The molecule has 0 spiro atoms. The zero-order valence-electron chi connectivity index (χ0n) is 13.4. The van der Waals surface area contributed by atoms with E-state index in [1.807, 2.05) is 25.1 Å². The second kappa shape index (κ2) is 8.41. The van der Waals surface area contributed by atoms with Crippen LogP contribution in [0.25, 0.3) is 0 Å². The normalized spacial score (nSPS) is 11.4. The van der Waals surface area contributed by atoms with Crippen molar-refractivity contribution in [3.63, 3.8) is 0 Å². The Morgan fingerprint density at radius 1 is 1.10 bits per heavy atom. The molecule has 0 aliphatic rings. The van der Waals surface area contributed by atoms with Gasteiger partial charge in [0.1, 0.15) is 5.75 Å². The van der Waals surface area contributed by atoms with Crippen LogP contribution in [0.5, 0.6) is 5.75 Å². The largest absolute Gasteiger partial charge is 0.492 e. The molecule has 0 aliphatic heterocycles. The van der Waals surface area contributed by atoms with Crippen LogP contribution in [0.1, 0.15) is 47.5 Å². The van der Waals surface area contributed by atoms with Crippen molar-refractivity contribution in [2.75, 3.05) is 11.9 Å². The Hall–Kier alpha value is -0.890. The first-order valence-corrected chi connectivity index (χ1v) is 7.99. The standard InChI is InChI=1S/C17H28ClNO/c1-6-20-17-8-7-14(18)11-16(17)19-15(9-12(2)3)10-13(4)5/h7-8,11-13,15,19H,6,9-10H2,1-5H3. The molecule has 0 aliphatic carbocycles. The molecule has 0 bridgehead atoms. The zero-order valence-corrected chi connectivity index (χ0v) is 14.1. The molecule has 0 saturated carbocycles. The fourth-order valence-electron chi connectivity index (χ4n) is 2.47. The van der Waals surface area contributed by atoms with Crippen molar-refractivity contribution in [3.05, 3.63) is 23.2 Å². The summed E-state index contributed by atoms with van der Waals surface area (Å²) in [5, 5.41) is 4.37. The molecule has 114 valence electrons. The molecule has 0 aromatic heterocycles. The van der Waals surface area contributed by atoms with Gasteiger partial charge >= 0.3 is 0 Å². The summed E-state index contributed by atoms with van der Waals surface area (Å²) in [6.45, 7) is 11.7. The van der Waals surface area contributed by atoms with E-state index in [0.717, 1.165) is 29.3 Å². The Morgan fingerprint density at radius 3 is 2.20 bits per heavy atom. The Balaban J connectivity index is 2.87. The Morgan fingerprint density at radius 2 is 1.70 bits per heavy atom. The topological polar surface area (TPSA) is 21.3 Å². The minimum absolute atomic E-state index is 0.452. The van der Waals surface area contributed by atoms with E-state index in [1.54, 1.807) is 0 Å². The van der Waals surface area contributed by atoms with Crippen LogP contribution < -0.4 is 10.1 Å². The van der Waals surface area contributed by atoms with Crippen LogP contribution in [0.15, 0.2) is 18.2 Å². The van der Waals surface area contributed by atoms with Crippen LogP contribution in [0.3, 0.4) is 0 Å². The fraction of sp³-hybridized carbons (Fsp3) is 0.647. The van der Waals surface area contributed by atoms with Crippen molar-refractivity contribution >= 4 is 17.3 Å². The number of benzene rings is 1. The summed E-state index contributed by atoms with van der Waals surface area (Å²) in [4.78, 5) is 0. The van der Waals surface area contributed by atoms with Crippen molar-refractivity contribution in [1.82, 2.24) is 0 Å². The predicted octanol–water partition coefficient (Wildman–Crippen LogP) is 5.61. The summed E-state index contributed by atoms with van der Waals surface area (Å²) >= 11 is 6.12. The van der Waals surface area contributed by atoms with Gasteiger partial charge in [0.05, 0.1) is 12.3 Å². The lowest BCUT2D eigenvalue weighted by Crippen LogP contribution is -2.24. The Labute approximate surface area is 128 Å². The summed E-state index contributed by atoms with van der Waals surface area (Å²) in [5.74, 6) is 2.22. The number of hydrogen-bond acceptors (Lipinski definition) is 2. The monoisotopic (exact) mass is 297 g/mol. The van der Waals surface area contributed by atoms with Gasteiger partial charge in [-0.05, 0) is 49.8 Å². The summed E-state index contributed by atoms with van der Waals surface area (Å²) in [6.07, 6.45) is 2.30. The Kier molecular flexibility index (Phi) is 7.22. The van der Waals surface area contributed by atoms with Crippen LogP contribution in [-0.4, -0.2) is 12.6 Å². The van der Waals surface area contributed by atoms with Gasteiger partial charge in [-0.25, -0.2) is 0 Å². The maximum absolute atomic E-state index is 6.12. The highest BCUT2D eigenvalue weighted by molar-refractivity contribution is 6.30. The third kappa shape index (κ3) is 6.04. The maximum Gasteiger partial charge on any atom is 0.142 e. The van der Waals surface area contributed by atoms with Gasteiger partial charge in [0.25, 0.3) is 0 Å². The van der Waals surface area contributed by atoms with Crippen molar-refractivity contribution in [2.24, 2.45) is 11.8 Å². The molecule has 3 heteroatoms. The van der Waals surface area contributed by atoms with Crippen LogP contribution in [0, 0.1) is 11.8 Å². The van der Waals surface area contributed by atoms with Crippen LogP contribution in [0.2, 0.25) is 5.02 Å². The zero-order chi connectivity index (χ0) is 15.1. The molecule has 1 aromatic carbocycles.